The van der Waals surface area contributed by atoms with E-state index in [1.165, 1.54) is 18.2 Å². The summed E-state index contributed by atoms with van der Waals surface area (Å²) >= 11 is 0. The SMILES string of the molecule is CN1CCN(Cc2ccc(-c3c(-c4cccc(OC(F)(F)F)c4)cc4n3[C@@H](CCCNC(=O)OC(C)(C)C)CNC4=O)cc2)CC1.O=C(O)C(F)(F)F. The molecule has 1 saturated heterocycles. The van der Waals surface area contributed by atoms with E-state index in [-0.39, 0.29) is 17.7 Å². The molecule has 2 amide bonds. The predicted octanol–water partition coefficient (Wildman–Crippen LogP) is 6.69. The number of piperazine rings is 1. The Kier molecular flexibility index (Phi) is 13.1. The number of alkyl carbamates (subject to hydrolysis) is 1. The molecule has 0 aliphatic carbocycles. The van der Waals surface area contributed by atoms with Gasteiger partial charge >= 0.3 is 24.6 Å². The summed E-state index contributed by atoms with van der Waals surface area (Å²) in [7, 11) is 2.12. The first kappa shape index (κ1) is 41.0. The van der Waals surface area contributed by atoms with Crippen LogP contribution in [0.5, 0.6) is 5.75 Å². The molecule has 0 spiro atoms. The van der Waals surface area contributed by atoms with Gasteiger partial charge in [0.15, 0.2) is 0 Å². The number of benzene rings is 2. The summed E-state index contributed by atoms with van der Waals surface area (Å²) < 4.78 is 82.6. The van der Waals surface area contributed by atoms with Gasteiger partial charge in [0, 0.05) is 51.4 Å². The van der Waals surface area contributed by atoms with E-state index in [1.54, 1.807) is 32.9 Å². The third-order valence-electron chi connectivity index (χ3n) is 8.37. The first-order valence-corrected chi connectivity index (χ1v) is 16.9. The average molecular weight is 756 g/mol. The molecule has 0 unspecified atom stereocenters. The number of nitrogens with one attached hydrogen (secondary N) is 2. The van der Waals surface area contributed by atoms with Crippen LogP contribution < -0.4 is 15.4 Å². The molecule has 1 fully saturated rings. The smallest absolute Gasteiger partial charge is 0.475 e. The van der Waals surface area contributed by atoms with Crippen LogP contribution in [0.25, 0.3) is 22.4 Å². The summed E-state index contributed by atoms with van der Waals surface area (Å²) in [6.45, 7) is 11.0. The minimum atomic E-state index is -5.08. The number of carboxylic acid groups (broad SMARTS) is 1. The van der Waals surface area contributed by atoms with Crippen LogP contribution in [-0.2, 0) is 16.1 Å². The highest BCUT2D eigenvalue weighted by Crippen LogP contribution is 2.41. The topological polar surface area (TPSA) is 125 Å². The Morgan fingerprint density at radius 3 is 2.17 bits per heavy atom. The van der Waals surface area contributed by atoms with Gasteiger partial charge in [-0.05, 0) is 75.5 Å². The second-order valence-electron chi connectivity index (χ2n) is 13.8. The maximum absolute atomic E-state index is 13.2. The molecule has 3 heterocycles. The molecule has 290 valence electrons. The van der Waals surface area contributed by atoms with Gasteiger partial charge in [0.2, 0.25) is 0 Å². The minimum absolute atomic E-state index is 0.156. The summed E-state index contributed by atoms with van der Waals surface area (Å²) in [5.41, 5.74) is 3.68. The van der Waals surface area contributed by atoms with Crippen LogP contribution in [-0.4, -0.2) is 102 Å². The van der Waals surface area contributed by atoms with Crippen molar-refractivity contribution in [3.05, 3.63) is 65.9 Å². The number of rotatable bonds is 9. The number of carboxylic acids is 1. The molecule has 2 aliphatic rings. The molecule has 0 radical (unpaired) electrons. The number of amides is 2. The van der Waals surface area contributed by atoms with Gasteiger partial charge in [-0.25, -0.2) is 9.59 Å². The third kappa shape index (κ3) is 12.1. The quantitative estimate of drug-likeness (QED) is 0.163. The van der Waals surface area contributed by atoms with Crippen LogP contribution in [0.3, 0.4) is 0 Å². The van der Waals surface area contributed by atoms with Gasteiger partial charge in [-0.2, -0.15) is 13.2 Å². The summed E-state index contributed by atoms with van der Waals surface area (Å²) in [5.74, 6) is -3.35. The molecule has 1 aromatic heterocycles. The second-order valence-corrected chi connectivity index (χ2v) is 13.8. The molecule has 2 aliphatic heterocycles. The van der Waals surface area contributed by atoms with Crippen molar-refractivity contribution in [1.82, 2.24) is 25.0 Å². The van der Waals surface area contributed by atoms with Crippen LogP contribution in [0.15, 0.2) is 54.6 Å². The van der Waals surface area contributed by atoms with Crippen molar-refractivity contribution in [3.63, 3.8) is 0 Å². The summed E-state index contributed by atoms with van der Waals surface area (Å²) in [6.07, 6.45) is -9.17. The molecule has 53 heavy (non-hydrogen) atoms. The predicted molar refractivity (Wildman–Crippen MR) is 183 cm³/mol. The fraction of sp³-hybridized carbons (Fsp3) is 0.472. The number of aliphatic carboxylic acids is 1. The molecular formula is C36H43F6N5O6. The number of hydrogen-bond donors (Lipinski definition) is 3. The van der Waals surface area contributed by atoms with Crippen molar-refractivity contribution in [2.45, 2.75) is 64.3 Å². The first-order valence-electron chi connectivity index (χ1n) is 16.9. The molecule has 5 rings (SSSR count). The first-order chi connectivity index (χ1) is 24.7. The molecule has 11 nitrogen and oxygen atoms in total. The van der Waals surface area contributed by atoms with E-state index in [9.17, 15) is 35.9 Å². The Bertz CT molecular complexity index is 1730. The largest absolute Gasteiger partial charge is 0.573 e. The van der Waals surface area contributed by atoms with Gasteiger partial charge in [-0.1, -0.05) is 36.4 Å². The molecule has 0 bridgehead atoms. The zero-order valence-electron chi connectivity index (χ0n) is 29.7. The second kappa shape index (κ2) is 16.9. The number of likely N-dealkylation sites (N-methyl/N-ethyl adjacent to an activating group) is 1. The number of ether oxygens (including phenoxy) is 2. The van der Waals surface area contributed by atoms with Crippen LogP contribution in [0.4, 0.5) is 31.1 Å². The molecule has 0 saturated carbocycles. The molecule has 17 heteroatoms. The van der Waals surface area contributed by atoms with E-state index in [0.29, 0.717) is 42.8 Å². The maximum atomic E-state index is 13.2. The lowest BCUT2D eigenvalue weighted by Gasteiger charge is -2.32. The van der Waals surface area contributed by atoms with Crippen LogP contribution >= 0.6 is 0 Å². The Morgan fingerprint density at radius 2 is 1.58 bits per heavy atom. The van der Waals surface area contributed by atoms with E-state index in [0.717, 1.165) is 49.5 Å². The highest BCUT2D eigenvalue weighted by molar-refractivity contribution is 5.98. The number of aromatic nitrogens is 1. The fourth-order valence-corrected chi connectivity index (χ4v) is 5.95. The molecule has 1 atom stereocenters. The lowest BCUT2D eigenvalue weighted by molar-refractivity contribution is -0.274. The van der Waals surface area contributed by atoms with Gasteiger partial charge in [-0.15, -0.1) is 13.2 Å². The zero-order chi connectivity index (χ0) is 39.1. The monoisotopic (exact) mass is 755 g/mol. The number of hydrogen-bond acceptors (Lipinski definition) is 7. The van der Waals surface area contributed by atoms with Crippen molar-refractivity contribution in [2.75, 3.05) is 46.3 Å². The minimum Gasteiger partial charge on any atom is -0.475 e. The summed E-state index contributed by atoms with van der Waals surface area (Å²) in [5, 5.41) is 12.9. The van der Waals surface area contributed by atoms with E-state index in [1.807, 2.05) is 16.7 Å². The van der Waals surface area contributed by atoms with E-state index in [4.69, 9.17) is 14.6 Å². The molecule has 2 aromatic carbocycles. The normalized spacial score (nSPS) is 16.9. The van der Waals surface area contributed by atoms with E-state index in [2.05, 4.69) is 44.4 Å². The van der Waals surface area contributed by atoms with Crippen molar-refractivity contribution in [3.8, 4) is 28.1 Å². The van der Waals surface area contributed by atoms with Gasteiger partial charge < -0.3 is 34.7 Å². The van der Waals surface area contributed by atoms with Crippen molar-refractivity contribution >= 4 is 18.0 Å². The van der Waals surface area contributed by atoms with E-state index < -0.39 is 30.2 Å². The molecule has 3 N–H and O–H groups in total. The number of fused-ring (bicyclic) bond motifs is 1. The summed E-state index contributed by atoms with van der Waals surface area (Å²) in [4.78, 5) is 38.9. The highest BCUT2D eigenvalue weighted by Gasteiger charge is 2.38. The fourth-order valence-electron chi connectivity index (χ4n) is 5.95. The zero-order valence-corrected chi connectivity index (χ0v) is 29.7. The number of carbonyl (C=O) groups excluding carboxylic acids is 2. The van der Waals surface area contributed by atoms with Gasteiger partial charge in [0.25, 0.3) is 5.91 Å². The Morgan fingerprint density at radius 1 is 0.943 bits per heavy atom. The Labute approximate surface area is 302 Å². The average Bonchev–Trinajstić information content (AvgIpc) is 3.46. The van der Waals surface area contributed by atoms with E-state index >= 15 is 0 Å². The maximum Gasteiger partial charge on any atom is 0.573 e. The Hall–Kier alpha value is -4.77. The number of carbonyl (C=O) groups is 3. The summed E-state index contributed by atoms with van der Waals surface area (Å²) in [6, 6.07) is 15.6. The van der Waals surface area contributed by atoms with Gasteiger partial charge in [-0.3, -0.25) is 9.69 Å². The van der Waals surface area contributed by atoms with Crippen molar-refractivity contribution in [2.24, 2.45) is 0 Å². The van der Waals surface area contributed by atoms with Crippen molar-refractivity contribution < 1.29 is 55.3 Å². The van der Waals surface area contributed by atoms with Crippen LogP contribution in [0, 0.1) is 0 Å². The van der Waals surface area contributed by atoms with Gasteiger partial charge in [0.1, 0.15) is 17.0 Å². The Balaban J connectivity index is 0.000000815. The van der Waals surface area contributed by atoms with Gasteiger partial charge in [0.05, 0.1) is 11.7 Å². The van der Waals surface area contributed by atoms with Crippen LogP contribution in [0.2, 0.25) is 0 Å². The lowest BCUT2D eigenvalue weighted by atomic mass is 9.99. The third-order valence-corrected chi connectivity index (χ3v) is 8.37. The number of halogens is 6. The molecule has 3 aromatic rings. The lowest BCUT2D eigenvalue weighted by Crippen LogP contribution is -2.43. The standard InChI is InChI=1S/C34H42F3N5O4.C2HF3O2/c1-33(2,3)46-32(44)38-14-6-8-26-21-39-31(43)29-20-28(25-7-5-9-27(19-25)45-34(35,36)37)30(42(26)29)24-12-10-23(11-13-24)22-41-17-15-40(4)16-18-41;3-2(4,5)1(6)7/h5,7,9-13,19-20,26H,6,8,14-18,21-22H2,1-4H3,(H,38,44)(H,39,43);(H,6,7)/t26-;/m0./s1. The molecular weight excluding hydrogens is 712 g/mol. The highest BCUT2D eigenvalue weighted by atomic mass is 19.4. The van der Waals surface area contributed by atoms with Crippen molar-refractivity contribution in [1.29, 1.82) is 0 Å². The number of alkyl halides is 6. The number of nitrogens with zero attached hydrogens (tertiary/aromatic N) is 3. The van der Waals surface area contributed by atoms with Crippen LogP contribution in [0.1, 0.15) is 55.7 Å².